The average molecular weight is 492 g/mol. The molecule has 1 aromatic heterocycles. The number of anilines is 1. The van der Waals surface area contributed by atoms with E-state index in [4.69, 9.17) is 9.78 Å². The van der Waals surface area contributed by atoms with Crippen molar-refractivity contribution in [2.45, 2.75) is 32.1 Å². The number of hydrogen-bond donors (Lipinski definition) is 1. The summed E-state index contributed by atoms with van der Waals surface area (Å²) in [5, 5.41) is 16.3. The van der Waals surface area contributed by atoms with Crippen LogP contribution in [0.4, 0.5) is 6.01 Å². The first-order valence-corrected chi connectivity index (χ1v) is 13.3. The minimum Gasteiger partial charge on any atom is -0.356 e. The van der Waals surface area contributed by atoms with Gasteiger partial charge in [0.05, 0.1) is 11.6 Å². The number of rotatable bonds is 7. The Balaban J connectivity index is 1.03. The Morgan fingerprint density at radius 3 is 2.64 bits per heavy atom. The van der Waals surface area contributed by atoms with Crippen LogP contribution < -0.4 is 10.2 Å². The highest BCUT2D eigenvalue weighted by atomic mass is 16.5. The lowest BCUT2D eigenvalue weighted by Gasteiger charge is -2.32. The van der Waals surface area contributed by atoms with Gasteiger partial charge in [-0.3, -0.25) is 4.79 Å². The van der Waals surface area contributed by atoms with Gasteiger partial charge in [0.1, 0.15) is 0 Å². The first kappa shape index (κ1) is 24.7. The number of piperidine rings is 2. The number of aromatic nitrogens is 2. The van der Waals surface area contributed by atoms with Gasteiger partial charge >= 0.3 is 6.01 Å². The van der Waals surface area contributed by atoms with Crippen molar-refractivity contribution >= 4 is 11.9 Å². The van der Waals surface area contributed by atoms with E-state index in [2.05, 4.69) is 43.3 Å². The molecule has 2 atom stereocenters. The van der Waals surface area contributed by atoms with Gasteiger partial charge < -0.3 is 24.5 Å². The van der Waals surface area contributed by atoms with Crippen molar-refractivity contribution < 1.29 is 9.32 Å². The van der Waals surface area contributed by atoms with Crippen molar-refractivity contribution in [1.82, 2.24) is 25.3 Å². The summed E-state index contributed by atoms with van der Waals surface area (Å²) in [6.45, 7) is 8.16. The van der Waals surface area contributed by atoms with Crippen LogP contribution in [0.3, 0.4) is 0 Å². The van der Waals surface area contributed by atoms with Crippen LogP contribution in [-0.4, -0.2) is 85.3 Å². The molecule has 0 bridgehead atoms. The van der Waals surface area contributed by atoms with E-state index in [1.54, 1.807) is 12.1 Å². The van der Waals surface area contributed by atoms with E-state index in [1.807, 2.05) is 12.1 Å². The predicted molar refractivity (Wildman–Crippen MR) is 137 cm³/mol. The molecule has 3 saturated heterocycles. The Morgan fingerprint density at radius 2 is 1.89 bits per heavy atom. The van der Waals surface area contributed by atoms with Crippen molar-refractivity contribution in [3.8, 4) is 17.5 Å². The monoisotopic (exact) mass is 491 g/mol. The van der Waals surface area contributed by atoms with E-state index in [-0.39, 0.29) is 11.8 Å². The molecule has 3 aliphatic heterocycles. The molecule has 0 saturated carbocycles. The van der Waals surface area contributed by atoms with Gasteiger partial charge in [0, 0.05) is 50.7 Å². The fourth-order valence-corrected chi connectivity index (χ4v) is 5.91. The second-order valence-corrected chi connectivity index (χ2v) is 10.8. The van der Waals surface area contributed by atoms with Crippen LogP contribution in [0.1, 0.15) is 37.7 Å². The third-order valence-electron chi connectivity index (χ3n) is 8.00. The molecule has 9 heteroatoms. The largest absolute Gasteiger partial charge is 0.356 e. The number of benzene rings is 1. The summed E-state index contributed by atoms with van der Waals surface area (Å²) < 4.78 is 5.49. The van der Waals surface area contributed by atoms with Crippen LogP contribution in [0.15, 0.2) is 28.8 Å². The lowest BCUT2D eigenvalue weighted by atomic mass is 9.96. The van der Waals surface area contributed by atoms with Crippen LogP contribution in [0, 0.1) is 29.1 Å². The molecule has 36 heavy (non-hydrogen) atoms. The summed E-state index contributed by atoms with van der Waals surface area (Å²) in [5.41, 5.74) is 1.41. The molecule has 0 spiro atoms. The zero-order valence-corrected chi connectivity index (χ0v) is 21.2. The molecule has 3 aliphatic rings. The maximum Gasteiger partial charge on any atom is 0.324 e. The summed E-state index contributed by atoms with van der Waals surface area (Å²) in [5.74, 6) is 2.09. The highest BCUT2D eigenvalue weighted by molar-refractivity contribution is 5.79. The molecule has 9 nitrogen and oxygen atoms in total. The number of carbonyl (C=O) groups excluding carboxylic acids is 1. The topological polar surface area (TPSA) is 102 Å². The number of hydrogen-bond acceptors (Lipinski definition) is 8. The van der Waals surface area contributed by atoms with Gasteiger partial charge in [0.15, 0.2) is 0 Å². The van der Waals surface area contributed by atoms with Gasteiger partial charge in [-0.15, -0.1) is 0 Å². The van der Waals surface area contributed by atoms with E-state index in [1.165, 1.54) is 38.9 Å². The first-order chi connectivity index (χ1) is 17.6. The van der Waals surface area contributed by atoms with E-state index < -0.39 is 0 Å². The normalized spacial score (nSPS) is 24.1. The first-order valence-electron chi connectivity index (χ1n) is 13.3. The van der Waals surface area contributed by atoms with Crippen molar-refractivity contribution in [2.24, 2.45) is 17.8 Å². The third-order valence-corrected chi connectivity index (χ3v) is 8.00. The molecule has 1 aromatic carbocycles. The molecule has 192 valence electrons. The van der Waals surface area contributed by atoms with Gasteiger partial charge in [0.2, 0.25) is 11.7 Å². The second kappa shape index (κ2) is 11.4. The number of nitrogens with zero attached hydrogens (tertiary/aromatic N) is 6. The van der Waals surface area contributed by atoms with Gasteiger partial charge in [-0.1, -0.05) is 5.16 Å². The summed E-state index contributed by atoms with van der Waals surface area (Å²) in [6.07, 6.45) is 5.41. The van der Waals surface area contributed by atoms with E-state index in [0.29, 0.717) is 23.3 Å². The molecule has 1 unspecified atom stereocenters. The highest BCUT2D eigenvalue weighted by Crippen LogP contribution is 2.26. The van der Waals surface area contributed by atoms with Gasteiger partial charge in [0.25, 0.3) is 0 Å². The standard InChI is InChI=1S/C27H37N7O2/c1-32-11-2-3-22(17-32)19-33-12-8-21(18-33)16-29-26(35)24-9-13-34(14-10-24)27-30-25(31-36-27)23-6-4-20(15-28)5-7-23/h4-7,21-22,24H,2-3,8-14,16-19H2,1H3,(H,29,35)/t21?,22-/m0/s1. The quantitative estimate of drug-likeness (QED) is 0.631. The Hall–Kier alpha value is -2.96. The lowest BCUT2D eigenvalue weighted by Crippen LogP contribution is -2.42. The molecule has 3 fully saturated rings. The minimum atomic E-state index is 0.0393. The highest BCUT2D eigenvalue weighted by Gasteiger charge is 2.30. The van der Waals surface area contributed by atoms with E-state index in [0.717, 1.165) is 57.0 Å². The Kier molecular flexibility index (Phi) is 7.83. The number of nitrogens with one attached hydrogen (secondary N) is 1. The molecular formula is C27H37N7O2. The van der Waals surface area contributed by atoms with Crippen molar-refractivity contribution in [1.29, 1.82) is 5.26 Å². The van der Waals surface area contributed by atoms with Crippen LogP contribution in [-0.2, 0) is 4.79 Å². The number of nitriles is 1. The van der Waals surface area contributed by atoms with Crippen molar-refractivity contribution in [3.05, 3.63) is 29.8 Å². The Bertz CT molecular complexity index is 1050. The van der Waals surface area contributed by atoms with E-state index >= 15 is 0 Å². The summed E-state index contributed by atoms with van der Waals surface area (Å²) in [7, 11) is 2.23. The molecular weight excluding hydrogens is 454 g/mol. The molecule has 0 aliphatic carbocycles. The Morgan fingerprint density at radius 1 is 1.08 bits per heavy atom. The zero-order valence-electron chi connectivity index (χ0n) is 21.2. The SMILES string of the molecule is CN1CCC[C@H](CN2CCC(CNC(=O)C3CCN(c4nc(-c5ccc(C#N)cc5)no4)CC3)C2)C1. The summed E-state index contributed by atoms with van der Waals surface area (Å²) in [4.78, 5) is 24.5. The molecule has 2 aromatic rings. The number of amides is 1. The number of likely N-dealkylation sites (tertiary alicyclic amines) is 2. The van der Waals surface area contributed by atoms with Gasteiger partial charge in [-0.25, -0.2) is 0 Å². The van der Waals surface area contributed by atoms with Crippen LogP contribution >= 0.6 is 0 Å². The fourth-order valence-electron chi connectivity index (χ4n) is 5.91. The lowest BCUT2D eigenvalue weighted by molar-refractivity contribution is -0.125. The number of carbonyl (C=O) groups is 1. The smallest absolute Gasteiger partial charge is 0.324 e. The maximum atomic E-state index is 12.9. The fraction of sp³-hybridized carbons (Fsp3) is 0.630. The predicted octanol–water partition coefficient (Wildman–Crippen LogP) is 2.60. The van der Waals surface area contributed by atoms with Crippen molar-refractivity contribution in [3.63, 3.8) is 0 Å². The van der Waals surface area contributed by atoms with Crippen molar-refractivity contribution in [2.75, 3.05) is 64.3 Å². The zero-order chi connectivity index (χ0) is 24.9. The summed E-state index contributed by atoms with van der Waals surface area (Å²) in [6, 6.07) is 9.73. The molecule has 1 amide bonds. The average Bonchev–Trinajstić information content (AvgIpc) is 3.58. The van der Waals surface area contributed by atoms with Crippen LogP contribution in [0.25, 0.3) is 11.4 Å². The van der Waals surface area contributed by atoms with Crippen LogP contribution in [0.5, 0.6) is 0 Å². The third kappa shape index (κ3) is 6.05. The second-order valence-electron chi connectivity index (χ2n) is 10.8. The van der Waals surface area contributed by atoms with Gasteiger partial charge in [-0.05, 0) is 88.3 Å². The molecule has 5 rings (SSSR count). The minimum absolute atomic E-state index is 0.0393. The van der Waals surface area contributed by atoms with Gasteiger partial charge in [-0.2, -0.15) is 10.2 Å². The molecule has 4 heterocycles. The molecule has 1 N–H and O–H groups in total. The molecule has 0 radical (unpaired) electrons. The Labute approximate surface area is 213 Å². The van der Waals surface area contributed by atoms with Crippen LogP contribution in [0.2, 0.25) is 0 Å². The summed E-state index contributed by atoms with van der Waals surface area (Å²) >= 11 is 0. The van der Waals surface area contributed by atoms with E-state index in [9.17, 15) is 4.79 Å². The maximum absolute atomic E-state index is 12.9.